The first-order chi connectivity index (χ1) is 8.04. The number of hydrogen-bond acceptors (Lipinski definition) is 2. The molecule has 0 atom stereocenters. The molecule has 0 aliphatic heterocycles. The molecular weight excluding hydrogens is 208 g/mol. The fourth-order valence-electron chi connectivity index (χ4n) is 1.89. The van der Waals surface area contributed by atoms with Crippen LogP contribution in [0.5, 0.6) is 0 Å². The number of aryl methyl sites for hydroxylation is 1. The number of hydrogen-bond donors (Lipinski definition) is 1. The van der Waals surface area contributed by atoms with Crippen LogP contribution in [0.25, 0.3) is 0 Å². The normalized spacial score (nSPS) is 10.9. The Balaban J connectivity index is 2.68. The van der Waals surface area contributed by atoms with Gasteiger partial charge in [-0.15, -0.1) is 0 Å². The van der Waals surface area contributed by atoms with E-state index in [4.69, 9.17) is 0 Å². The molecule has 1 aromatic rings. The second kappa shape index (κ2) is 6.65. The number of benzene rings is 1. The van der Waals surface area contributed by atoms with Crippen molar-refractivity contribution in [3.05, 3.63) is 29.3 Å². The van der Waals surface area contributed by atoms with Crippen molar-refractivity contribution in [1.29, 1.82) is 0 Å². The summed E-state index contributed by atoms with van der Waals surface area (Å²) in [5, 5.41) is 3.20. The zero-order valence-corrected chi connectivity index (χ0v) is 11.9. The largest absolute Gasteiger partial charge is 0.375 e. The summed E-state index contributed by atoms with van der Waals surface area (Å²) >= 11 is 0. The van der Waals surface area contributed by atoms with Gasteiger partial charge in [0.05, 0.1) is 0 Å². The van der Waals surface area contributed by atoms with E-state index in [9.17, 15) is 0 Å². The van der Waals surface area contributed by atoms with Crippen molar-refractivity contribution in [3.8, 4) is 0 Å². The van der Waals surface area contributed by atoms with Crippen LogP contribution in [0.4, 0.5) is 5.69 Å². The predicted molar refractivity (Wildman–Crippen MR) is 76.7 cm³/mol. The Bertz CT molecular complexity index is 345. The van der Waals surface area contributed by atoms with Gasteiger partial charge in [0, 0.05) is 25.8 Å². The predicted octanol–water partition coefficient (Wildman–Crippen LogP) is 3.20. The molecular formula is C15H26N2. The Kier molecular flexibility index (Phi) is 5.49. The van der Waals surface area contributed by atoms with Crippen LogP contribution in [-0.2, 0) is 6.54 Å². The summed E-state index contributed by atoms with van der Waals surface area (Å²) < 4.78 is 0. The molecule has 0 aliphatic rings. The average Bonchev–Trinajstić information content (AvgIpc) is 2.28. The molecule has 0 spiro atoms. The molecule has 0 aliphatic carbocycles. The lowest BCUT2D eigenvalue weighted by Crippen LogP contribution is -2.20. The van der Waals surface area contributed by atoms with Crippen molar-refractivity contribution in [2.75, 3.05) is 25.5 Å². The van der Waals surface area contributed by atoms with Gasteiger partial charge in [0.1, 0.15) is 0 Å². The zero-order chi connectivity index (χ0) is 12.8. The van der Waals surface area contributed by atoms with E-state index in [0.717, 1.165) is 19.0 Å². The third kappa shape index (κ3) is 4.39. The molecule has 0 unspecified atom stereocenters. The quantitative estimate of drug-likeness (QED) is 0.813. The first kappa shape index (κ1) is 14.0. The fraction of sp³-hybridized carbons (Fsp3) is 0.600. The summed E-state index contributed by atoms with van der Waals surface area (Å²) in [4.78, 5) is 2.34. The number of rotatable bonds is 6. The van der Waals surface area contributed by atoms with E-state index in [1.165, 1.54) is 23.2 Å². The van der Waals surface area contributed by atoms with Crippen molar-refractivity contribution < 1.29 is 0 Å². The van der Waals surface area contributed by atoms with Crippen molar-refractivity contribution in [2.45, 2.75) is 33.7 Å². The lowest BCUT2D eigenvalue weighted by atomic mass is 10.1. The number of nitrogens with zero attached hydrogens (tertiary/aromatic N) is 1. The number of nitrogens with one attached hydrogen (secondary N) is 1. The molecule has 1 aromatic carbocycles. The molecule has 0 saturated heterocycles. The summed E-state index contributed by atoms with van der Waals surface area (Å²) in [6.07, 6.45) is 1.24. The maximum absolute atomic E-state index is 3.20. The van der Waals surface area contributed by atoms with Gasteiger partial charge in [-0.2, -0.15) is 0 Å². The Morgan fingerprint density at radius 3 is 2.53 bits per heavy atom. The van der Waals surface area contributed by atoms with Gasteiger partial charge in [-0.1, -0.05) is 19.9 Å². The SMILES string of the molecule is CNCc1ccc(N(C)CCC(C)C)cc1C. The first-order valence-electron chi connectivity index (χ1n) is 6.50. The number of anilines is 1. The van der Waals surface area contributed by atoms with Crippen molar-refractivity contribution in [1.82, 2.24) is 5.32 Å². The van der Waals surface area contributed by atoms with Crippen molar-refractivity contribution >= 4 is 5.69 Å². The standard InChI is InChI=1S/C15H26N2/c1-12(2)8-9-17(5)15-7-6-14(11-16-4)13(3)10-15/h6-7,10,12,16H,8-9,11H2,1-5H3. The average molecular weight is 234 g/mol. The lowest BCUT2D eigenvalue weighted by Gasteiger charge is -2.21. The van der Waals surface area contributed by atoms with Gasteiger partial charge in [0.2, 0.25) is 0 Å². The van der Waals surface area contributed by atoms with Gasteiger partial charge < -0.3 is 10.2 Å². The highest BCUT2D eigenvalue weighted by Crippen LogP contribution is 2.19. The molecule has 2 nitrogen and oxygen atoms in total. The summed E-state index contributed by atoms with van der Waals surface area (Å²) in [6, 6.07) is 6.74. The van der Waals surface area contributed by atoms with Crippen LogP contribution in [-0.4, -0.2) is 20.6 Å². The second-order valence-electron chi connectivity index (χ2n) is 5.25. The van der Waals surface area contributed by atoms with E-state index in [1.807, 2.05) is 7.05 Å². The molecule has 0 amide bonds. The van der Waals surface area contributed by atoms with Crippen LogP contribution in [0.1, 0.15) is 31.4 Å². The highest BCUT2D eigenvalue weighted by Gasteiger charge is 2.04. The minimum absolute atomic E-state index is 0.766. The van der Waals surface area contributed by atoms with Gasteiger partial charge >= 0.3 is 0 Å². The first-order valence-corrected chi connectivity index (χ1v) is 6.50. The van der Waals surface area contributed by atoms with E-state index in [1.54, 1.807) is 0 Å². The topological polar surface area (TPSA) is 15.3 Å². The van der Waals surface area contributed by atoms with Crippen LogP contribution in [0, 0.1) is 12.8 Å². The monoisotopic (exact) mass is 234 g/mol. The molecule has 2 heteroatoms. The molecule has 0 radical (unpaired) electrons. The van der Waals surface area contributed by atoms with E-state index >= 15 is 0 Å². The zero-order valence-electron chi connectivity index (χ0n) is 11.9. The van der Waals surface area contributed by atoms with Crippen molar-refractivity contribution in [2.24, 2.45) is 5.92 Å². The third-order valence-corrected chi connectivity index (χ3v) is 3.18. The Morgan fingerprint density at radius 2 is 2.00 bits per heavy atom. The third-order valence-electron chi connectivity index (χ3n) is 3.18. The molecule has 0 heterocycles. The van der Waals surface area contributed by atoms with Gasteiger partial charge in [-0.3, -0.25) is 0 Å². The van der Waals surface area contributed by atoms with Crippen LogP contribution >= 0.6 is 0 Å². The molecule has 1 N–H and O–H groups in total. The molecule has 17 heavy (non-hydrogen) atoms. The summed E-state index contributed by atoms with van der Waals surface area (Å²) in [7, 11) is 4.16. The van der Waals surface area contributed by atoms with Gasteiger partial charge in [-0.05, 0) is 49.6 Å². The smallest absolute Gasteiger partial charge is 0.0366 e. The molecule has 0 bridgehead atoms. The molecule has 0 fully saturated rings. The molecule has 1 rings (SSSR count). The molecule has 96 valence electrons. The fourth-order valence-corrected chi connectivity index (χ4v) is 1.89. The Morgan fingerprint density at radius 1 is 1.29 bits per heavy atom. The lowest BCUT2D eigenvalue weighted by molar-refractivity contribution is 0.585. The maximum atomic E-state index is 3.20. The van der Waals surface area contributed by atoms with Crippen LogP contribution in [0.2, 0.25) is 0 Å². The van der Waals surface area contributed by atoms with Gasteiger partial charge in [0.15, 0.2) is 0 Å². The second-order valence-corrected chi connectivity index (χ2v) is 5.25. The van der Waals surface area contributed by atoms with Crippen molar-refractivity contribution in [3.63, 3.8) is 0 Å². The Hall–Kier alpha value is -1.02. The Labute approximate surface area is 106 Å². The maximum Gasteiger partial charge on any atom is 0.0366 e. The molecule has 0 aromatic heterocycles. The van der Waals surface area contributed by atoms with E-state index in [-0.39, 0.29) is 0 Å². The van der Waals surface area contributed by atoms with Crippen LogP contribution in [0.15, 0.2) is 18.2 Å². The minimum atomic E-state index is 0.766. The van der Waals surface area contributed by atoms with Crippen LogP contribution < -0.4 is 10.2 Å². The van der Waals surface area contributed by atoms with E-state index in [0.29, 0.717) is 0 Å². The van der Waals surface area contributed by atoms with E-state index in [2.05, 4.69) is 56.2 Å². The summed E-state index contributed by atoms with van der Waals surface area (Å²) in [5.74, 6) is 0.766. The molecule has 0 saturated carbocycles. The highest BCUT2D eigenvalue weighted by atomic mass is 15.1. The van der Waals surface area contributed by atoms with Gasteiger partial charge in [-0.25, -0.2) is 0 Å². The van der Waals surface area contributed by atoms with E-state index < -0.39 is 0 Å². The van der Waals surface area contributed by atoms with Gasteiger partial charge in [0.25, 0.3) is 0 Å². The van der Waals surface area contributed by atoms with Crippen LogP contribution in [0.3, 0.4) is 0 Å². The highest BCUT2D eigenvalue weighted by molar-refractivity contribution is 5.50. The minimum Gasteiger partial charge on any atom is -0.375 e. The summed E-state index contributed by atoms with van der Waals surface area (Å²) in [6.45, 7) is 8.81. The summed E-state index contributed by atoms with van der Waals surface area (Å²) in [5.41, 5.74) is 4.07.